The van der Waals surface area contributed by atoms with Crippen molar-refractivity contribution >= 4 is 28.5 Å². The quantitative estimate of drug-likeness (QED) is 0.911. The number of pyridine rings is 1. The number of carbonyl (C=O) groups is 1. The molecule has 2 aromatic rings. The fourth-order valence-electron chi connectivity index (χ4n) is 1.46. The Labute approximate surface area is 103 Å². The molecule has 1 aromatic carbocycles. The van der Waals surface area contributed by atoms with Crippen LogP contribution < -0.4 is 4.74 Å². The van der Waals surface area contributed by atoms with Gasteiger partial charge in [0.15, 0.2) is 6.10 Å². The molecule has 0 aliphatic rings. The molecule has 0 amide bonds. The molecule has 1 heterocycles. The molecule has 88 valence electrons. The minimum Gasteiger partial charge on any atom is -0.479 e. The van der Waals surface area contributed by atoms with E-state index < -0.39 is 12.1 Å². The van der Waals surface area contributed by atoms with E-state index in [0.717, 1.165) is 0 Å². The van der Waals surface area contributed by atoms with E-state index in [1.165, 1.54) is 13.1 Å². The predicted octanol–water partition coefficient (Wildman–Crippen LogP) is 2.74. The van der Waals surface area contributed by atoms with Crippen molar-refractivity contribution in [2.75, 3.05) is 0 Å². The molecule has 0 aliphatic carbocycles. The molecule has 2 rings (SSSR count). The van der Waals surface area contributed by atoms with Crippen molar-refractivity contribution < 1.29 is 14.6 Å². The van der Waals surface area contributed by atoms with Crippen LogP contribution in [0.25, 0.3) is 10.9 Å². The van der Waals surface area contributed by atoms with Crippen LogP contribution in [0.15, 0.2) is 30.5 Å². The second-order valence-electron chi connectivity index (χ2n) is 3.54. The van der Waals surface area contributed by atoms with Crippen molar-refractivity contribution in [1.82, 2.24) is 4.98 Å². The smallest absolute Gasteiger partial charge is 0.344 e. The van der Waals surface area contributed by atoms with Gasteiger partial charge in [-0.3, -0.25) is 4.98 Å². The Morgan fingerprint density at radius 1 is 1.47 bits per heavy atom. The monoisotopic (exact) mass is 251 g/mol. The first-order valence-corrected chi connectivity index (χ1v) is 5.40. The Morgan fingerprint density at radius 3 is 2.94 bits per heavy atom. The lowest BCUT2D eigenvalue weighted by Crippen LogP contribution is -2.22. The standard InChI is InChI=1S/C12H10ClNO3/c1-7(12(15)16)17-10-5-6-14-11-8(10)3-2-4-9(11)13/h2-7H,1H3,(H,15,16). The summed E-state index contributed by atoms with van der Waals surface area (Å²) >= 11 is 5.99. The molecule has 5 heteroatoms. The summed E-state index contributed by atoms with van der Waals surface area (Å²) in [7, 11) is 0. The van der Waals surface area contributed by atoms with Gasteiger partial charge in [-0.2, -0.15) is 0 Å². The molecule has 17 heavy (non-hydrogen) atoms. The summed E-state index contributed by atoms with van der Waals surface area (Å²) < 4.78 is 5.35. The van der Waals surface area contributed by atoms with E-state index in [1.807, 2.05) is 0 Å². The van der Waals surface area contributed by atoms with Gasteiger partial charge in [-0.15, -0.1) is 0 Å². The highest BCUT2D eigenvalue weighted by Crippen LogP contribution is 2.29. The van der Waals surface area contributed by atoms with E-state index in [0.29, 0.717) is 21.7 Å². The zero-order chi connectivity index (χ0) is 12.4. The second kappa shape index (κ2) is 4.59. The number of nitrogens with zero attached hydrogens (tertiary/aromatic N) is 1. The van der Waals surface area contributed by atoms with E-state index in [9.17, 15) is 4.79 Å². The number of fused-ring (bicyclic) bond motifs is 1. The number of carboxylic acids is 1. The minimum absolute atomic E-state index is 0.465. The highest BCUT2D eigenvalue weighted by Gasteiger charge is 2.14. The Bertz CT molecular complexity index is 571. The summed E-state index contributed by atoms with van der Waals surface area (Å²) in [5, 5.41) is 10.0. The molecule has 0 fully saturated rings. The molecule has 0 saturated carbocycles. The maximum absolute atomic E-state index is 10.7. The number of aromatic nitrogens is 1. The van der Waals surface area contributed by atoms with Crippen LogP contribution in [0.1, 0.15) is 6.92 Å². The van der Waals surface area contributed by atoms with E-state index in [-0.39, 0.29) is 0 Å². The van der Waals surface area contributed by atoms with Gasteiger partial charge in [-0.05, 0) is 25.1 Å². The topological polar surface area (TPSA) is 59.4 Å². The number of ether oxygens (including phenoxy) is 1. The van der Waals surface area contributed by atoms with Gasteiger partial charge in [0.1, 0.15) is 5.75 Å². The fourth-order valence-corrected chi connectivity index (χ4v) is 1.68. The lowest BCUT2D eigenvalue weighted by atomic mass is 10.2. The van der Waals surface area contributed by atoms with Crippen molar-refractivity contribution in [2.45, 2.75) is 13.0 Å². The fraction of sp³-hybridized carbons (Fsp3) is 0.167. The van der Waals surface area contributed by atoms with Gasteiger partial charge in [0.2, 0.25) is 0 Å². The molecule has 0 radical (unpaired) electrons. The van der Waals surface area contributed by atoms with Crippen molar-refractivity contribution in [3.8, 4) is 5.75 Å². The number of carboxylic acid groups (broad SMARTS) is 1. The Morgan fingerprint density at radius 2 is 2.24 bits per heavy atom. The molecule has 0 saturated heterocycles. The van der Waals surface area contributed by atoms with Gasteiger partial charge in [-0.25, -0.2) is 4.79 Å². The average molecular weight is 252 g/mol. The van der Waals surface area contributed by atoms with Crippen LogP contribution >= 0.6 is 11.6 Å². The number of hydrogen-bond donors (Lipinski definition) is 1. The van der Waals surface area contributed by atoms with Gasteiger partial charge in [0.25, 0.3) is 0 Å². The van der Waals surface area contributed by atoms with Crippen LogP contribution in [0.2, 0.25) is 5.02 Å². The molecular weight excluding hydrogens is 242 g/mol. The number of hydrogen-bond acceptors (Lipinski definition) is 3. The van der Waals surface area contributed by atoms with Crippen molar-refractivity contribution in [3.05, 3.63) is 35.5 Å². The molecule has 0 bridgehead atoms. The van der Waals surface area contributed by atoms with Crippen LogP contribution in [-0.4, -0.2) is 22.2 Å². The van der Waals surface area contributed by atoms with Gasteiger partial charge in [0, 0.05) is 11.6 Å². The van der Waals surface area contributed by atoms with Crippen LogP contribution in [0.3, 0.4) is 0 Å². The van der Waals surface area contributed by atoms with E-state index in [2.05, 4.69) is 4.98 Å². The van der Waals surface area contributed by atoms with E-state index in [1.54, 1.807) is 24.3 Å². The van der Waals surface area contributed by atoms with E-state index >= 15 is 0 Å². The Balaban J connectivity index is 2.48. The number of aliphatic carboxylic acids is 1. The maximum atomic E-state index is 10.7. The number of halogens is 1. The minimum atomic E-state index is -1.02. The number of benzene rings is 1. The van der Waals surface area contributed by atoms with Gasteiger partial charge < -0.3 is 9.84 Å². The molecule has 1 unspecified atom stereocenters. The summed E-state index contributed by atoms with van der Waals surface area (Å²) in [5.74, 6) is -0.551. The lowest BCUT2D eigenvalue weighted by molar-refractivity contribution is -0.144. The Hall–Kier alpha value is -1.81. The number of para-hydroxylation sites is 1. The second-order valence-corrected chi connectivity index (χ2v) is 3.95. The molecule has 1 atom stereocenters. The molecule has 0 aliphatic heterocycles. The first-order chi connectivity index (χ1) is 8.09. The van der Waals surface area contributed by atoms with Crippen LogP contribution in [0, 0.1) is 0 Å². The molecule has 4 nitrogen and oxygen atoms in total. The number of rotatable bonds is 3. The third-order valence-electron chi connectivity index (χ3n) is 2.33. The summed E-state index contributed by atoms with van der Waals surface area (Å²) in [6.45, 7) is 1.47. The summed E-state index contributed by atoms with van der Waals surface area (Å²) in [6, 6.07) is 6.90. The van der Waals surface area contributed by atoms with Crippen LogP contribution in [0.5, 0.6) is 5.75 Å². The van der Waals surface area contributed by atoms with Crippen molar-refractivity contribution in [2.24, 2.45) is 0 Å². The molecular formula is C12H10ClNO3. The summed E-state index contributed by atoms with van der Waals surface area (Å²) in [5.41, 5.74) is 0.601. The summed E-state index contributed by atoms with van der Waals surface area (Å²) in [6.07, 6.45) is 0.623. The largest absolute Gasteiger partial charge is 0.479 e. The zero-order valence-electron chi connectivity index (χ0n) is 9.05. The highest BCUT2D eigenvalue weighted by molar-refractivity contribution is 6.35. The van der Waals surface area contributed by atoms with Crippen LogP contribution in [0.4, 0.5) is 0 Å². The molecule has 1 N–H and O–H groups in total. The molecule has 1 aromatic heterocycles. The Kier molecular flexibility index (Phi) is 3.15. The normalized spacial score (nSPS) is 12.4. The lowest BCUT2D eigenvalue weighted by Gasteiger charge is -2.12. The average Bonchev–Trinajstić information content (AvgIpc) is 2.30. The maximum Gasteiger partial charge on any atom is 0.344 e. The van der Waals surface area contributed by atoms with Gasteiger partial charge in [0.05, 0.1) is 10.5 Å². The van der Waals surface area contributed by atoms with E-state index in [4.69, 9.17) is 21.4 Å². The zero-order valence-corrected chi connectivity index (χ0v) is 9.81. The van der Waals surface area contributed by atoms with Gasteiger partial charge >= 0.3 is 5.97 Å². The predicted molar refractivity (Wildman–Crippen MR) is 64.5 cm³/mol. The SMILES string of the molecule is CC(Oc1ccnc2c(Cl)cccc12)C(=O)O. The van der Waals surface area contributed by atoms with Crippen molar-refractivity contribution in [3.63, 3.8) is 0 Å². The molecule has 0 spiro atoms. The third-order valence-corrected chi connectivity index (χ3v) is 2.64. The summed E-state index contributed by atoms with van der Waals surface area (Å²) in [4.78, 5) is 14.9. The van der Waals surface area contributed by atoms with Crippen molar-refractivity contribution in [1.29, 1.82) is 0 Å². The first kappa shape index (κ1) is 11.7. The third kappa shape index (κ3) is 2.31. The van der Waals surface area contributed by atoms with Gasteiger partial charge in [-0.1, -0.05) is 17.7 Å². The first-order valence-electron chi connectivity index (χ1n) is 5.02. The highest BCUT2D eigenvalue weighted by atomic mass is 35.5. The van der Waals surface area contributed by atoms with Crippen LogP contribution in [-0.2, 0) is 4.79 Å².